The molecule has 0 radical (unpaired) electrons. The van der Waals surface area contributed by atoms with E-state index in [2.05, 4.69) is 11.5 Å². The largest absolute Gasteiger partial charge is 0.330 e. The molecule has 1 atom stereocenters. The summed E-state index contributed by atoms with van der Waals surface area (Å²) in [6.45, 7) is 2.98. The van der Waals surface area contributed by atoms with Crippen LogP contribution in [0.25, 0.3) is 0 Å². The highest BCUT2D eigenvalue weighted by Gasteiger charge is 2.31. The van der Waals surface area contributed by atoms with Crippen LogP contribution in [0.1, 0.15) is 48.9 Å². The summed E-state index contributed by atoms with van der Waals surface area (Å²) in [5.41, 5.74) is 8.55. The van der Waals surface area contributed by atoms with Gasteiger partial charge in [0.05, 0.1) is 5.69 Å². The zero-order chi connectivity index (χ0) is 11.1. The lowest BCUT2D eigenvalue weighted by molar-refractivity contribution is 0.419. The van der Waals surface area contributed by atoms with Gasteiger partial charge < -0.3 is 10.3 Å². The van der Waals surface area contributed by atoms with Crippen LogP contribution in [0.2, 0.25) is 0 Å². The molecule has 3 nitrogen and oxygen atoms in total. The van der Waals surface area contributed by atoms with Crippen molar-refractivity contribution in [2.24, 2.45) is 11.7 Å². The van der Waals surface area contributed by atoms with Gasteiger partial charge in [-0.15, -0.1) is 0 Å². The summed E-state index contributed by atoms with van der Waals surface area (Å²) in [5.74, 6) is 2.01. The summed E-state index contributed by atoms with van der Waals surface area (Å²) >= 11 is 0. The van der Waals surface area contributed by atoms with E-state index < -0.39 is 0 Å². The molecule has 0 aromatic carbocycles. The smallest absolute Gasteiger partial charge is 0.106 e. The van der Waals surface area contributed by atoms with Gasteiger partial charge in [0, 0.05) is 11.7 Å². The normalized spacial score (nSPS) is 24.5. The second-order valence-corrected chi connectivity index (χ2v) is 5.34. The Morgan fingerprint density at radius 2 is 2.19 bits per heavy atom. The van der Waals surface area contributed by atoms with E-state index in [9.17, 15) is 0 Å². The number of nitrogens with zero attached hydrogens (tertiary/aromatic N) is 2. The molecule has 1 fully saturated rings. The third-order valence-electron chi connectivity index (χ3n) is 4.03. The third-order valence-corrected chi connectivity index (χ3v) is 4.03. The first-order valence-corrected chi connectivity index (χ1v) is 6.56. The molecule has 0 aliphatic heterocycles. The van der Waals surface area contributed by atoms with Crippen molar-refractivity contribution < 1.29 is 0 Å². The first-order valence-electron chi connectivity index (χ1n) is 6.56. The molecular formula is C13H21N3. The Kier molecular flexibility index (Phi) is 2.51. The number of aromatic nitrogens is 2. The molecule has 2 aliphatic carbocycles. The van der Waals surface area contributed by atoms with Crippen molar-refractivity contribution in [2.75, 3.05) is 6.54 Å². The quantitative estimate of drug-likeness (QED) is 0.844. The molecule has 1 unspecified atom stereocenters. The zero-order valence-electron chi connectivity index (χ0n) is 10.1. The van der Waals surface area contributed by atoms with Crippen LogP contribution in [0.5, 0.6) is 0 Å². The Morgan fingerprint density at radius 3 is 2.88 bits per heavy atom. The van der Waals surface area contributed by atoms with Crippen LogP contribution in [-0.4, -0.2) is 16.1 Å². The Balaban J connectivity index is 1.86. The molecule has 1 aromatic rings. The maximum Gasteiger partial charge on any atom is 0.106 e. The van der Waals surface area contributed by atoms with Crippen molar-refractivity contribution in [2.45, 2.75) is 51.5 Å². The Hall–Kier alpha value is -0.830. The summed E-state index contributed by atoms with van der Waals surface area (Å²) in [6, 6.07) is 0.780. The van der Waals surface area contributed by atoms with E-state index in [0.29, 0.717) is 0 Å². The van der Waals surface area contributed by atoms with Gasteiger partial charge in [0.15, 0.2) is 0 Å². The lowest BCUT2D eigenvalue weighted by Gasteiger charge is -2.22. The summed E-state index contributed by atoms with van der Waals surface area (Å²) in [6.07, 6.45) is 7.56. The molecule has 2 N–H and O–H groups in total. The highest BCUT2D eigenvalue weighted by Crippen LogP contribution is 2.40. The monoisotopic (exact) mass is 219 g/mol. The summed E-state index contributed by atoms with van der Waals surface area (Å²) < 4.78 is 2.51. The molecule has 0 bridgehead atoms. The van der Waals surface area contributed by atoms with Crippen LogP contribution in [0.15, 0.2) is 0 Å². The predicted molar refractivity (Wildman–Crippen MR) is 64.4 cm³/mol. The molecule has 0 spiro atoms. The predicted octanol–water partition coefficient (Wildman–Crippen LogP) is 1.98. The molecule has 3 heteroatoms. The molecule has 1 saturated carbocycles. The van der Waals surface area contributed by atoms with Crippen LogP contribution >= 0.6 is 0 Å². The minimum Gasteiger partial charge on any atom is -0.330 e. The average molecular weight is 219 g/mol. The molecule has 3 rings (SSSR count). The van der Waals surface area contributed by atoms with Gasteiger partial charge in [-0.1, -0.05) is 0 Å². The molecule has 0 amide bonds. The molecule has 2 aliphatic rings. The van der Waals surface area contributed by atoms with E-state index in [1.54, 1.807) is 0 Å². The molecule has 0 saturated heterocycles. The van der Waals surface area contributed by atoms with Crippen LogP contribution in [0.4, 0.5) is 0 Å². The minimum atomic E-state index is 0.777. The minimum absolute atomic E-state index is 0.777. The van der Waals surface area contributed by atoms with Gasteiger partial charge in [-0.05, 0) is 57.9 Å². The van der Waals surface area contributed by atoms with Gasteiger partial charge in [-0.25, -0.2) is 4.98 Å². The van der Waals surface area contributed by atoms with E-state index >= 15 is 0 Å². The van der Waals surface area contributed by atoms with E-state index in [1.165, 1.54) is 42.9 Å². The Bertz CT molecular complexity index is 390. The van der Waals surface area contributed by atoms with E-state index in [4.69, 9.17) is 10.7 Å². The van der Waals surface area contributed by atoms with Crippen molar-refractivity contribution in [3.8, 4) is 0 Å². The zero-order valence-corrected chi connectivity index (χ0v) is 10.1. The molecule has 88 valence electrons. The summed E-state index contributed by atoms with van der Waals surface area (Å²) in [7, 11) is 0. The number of fused-ring (bicyclic) bond motifs is 1. The van der Waals surface area contributed by atoms with Crippen LogP contribution in [0, 0.1) is 12.8 Å². The number of hydrogen-bond acceptors (Lipinski definition) is 2. The summed E-state index contributed by atoms with van der Waals surface area (Å²) in [5, 5.41) is 0. The van der Waals surface area contributed by atoms with Crippen molar-refractivity contribution in [1.29, 1.82) is 0 Å². The fraction of sp³-hybridized carbons (Fsp3) is 0.769. The number of aryl methyl sites for hydroxylation is 1. The maximum atomic E-state index is 5.65. The topological polar surface area (TPSA) is 43.8 Å². The maximum absolute atomic E-state index is 5.65. The van der Waals surface area contributed by atoms with E-state index in [-0.39, 0.29) is 0 Å². The van der Waals surface area contributed by atoms with Crippen molar-refractivity contribution in [3.05, 3.63) is 17.2 Å². The molecule has 1 aromatic heterocycles. The molecule has 1 heterocycles. The fourth-order valence-corrected chi connectivity index (χ4v) is 3.09. The summed E-state index contributed by atoms with van der Waals surface area (Å²) in [4.78, 5) is 4.77. The van der Waals surface area contributed by atoms with E-state index in [1.807, 2.05) is 0 Å². The number of hydrogen-bond donors (Lipinski definition) is 1. The van der Waals surface area contributed by atoms with E-state index in [0.717, 1.165) is 31.3 Å². The SMILES string of the molecule is Cc1nc2c(n1C1CC1)CCC(CCN)C2. The lowest BCUT2D eigenvalue weighted by Crippen LogP contribution is -2.19. The molecule has 16 heavy (non-hydrogen) atoms. The first kappa shape index (κ1) is 10.3. The number of imidazole rings is 1. The van der Waals surface area contributed by atoms with Crippen molar-refractivity contribution >= 4 is 0 Å². The second kappa shape index (κ2) is 3.88. The molecular weight excluding hydrogens is 198 g/mol. The van der Waals surface area contributed by atoms with Gasteiger partial charge in [0.2, 0.25) is 0 Å². The van der Waals surface area contributed by atoms with Crippen molar-refractivity contribution in [3.63, 3.8) is 0 Å². The third kappa shape index (κ3) is 1.67. The second-order valence-electron chi connectivity index (χ2n) is 5.34. The van der Waals surface area contributed by atoms with Gasteiger partial charge in [-0.3, -0.25) is 0 Å². The lowest BCUT2D eigenvalue weighted by atomic mass is 9.87. The van der Waals surface area contributed by atoms with Gasteiger partial charge in [0.25, 0.3) is 0 Å². The highest BCUT2D eigenvalue weighted by atomic mass is 15.1. The first-order chi connectivity index (χ1) is 7.79. The number of rotatable bonds is 3. The van der Waals surface area contributed by atoms with Crippen molar-refractivity contribution in [1.82, 2.24) is 9.55 Å². The van der Waals surface area contributed by atoms with Gasteiger partial charge in [0.1, 0.15) is 5.82 Å². The Morgan fingerprint density at radius 1 is 1.38 bits per heavy atom. The van der Waals surface area contributed by atoms with Crippen LogP contribution in [0.3, 0.4) is 0 Å². The average Bonchev–Trinajstić information content (AvgIpc) is 3.02. The standard InChI is InChI=1S/C13H21N3/c1-9-15-12-8-10(6-7-14)2-5-13(12)16(9)11-3-4-11/h10-11H,2-8,14H2,1H3. The number of nitrogens with two attached hydrogens (primary N) is 1. The highest BCUT2D eigenvalue weighted by molar-refractivity contribution is 5.22. The Labute approximate surface area is 97.0 Å². The van der Waals surface area contributed by atoms with Crippen LogP contribution in [-0.2, 0) is 12.8 Å². The van der Waals surface area contributed by atoms with Crippen LogP contribution < -0.4 is 5.73 Å². The van der Waals surface area contributed by atoms with Gasteiger partial charge >= 0.3 is 0 Å². The fourth-order valence-electron chi connectivity index (χ4n) is 3.09. The van der Waals surface area contributed by atoms with Gasteiger partial charge in [-0.2, -0.15) is 0 Å².